The molecule has 1 amide bonds. The topological polar surface area (TPSA) is 97.1 Å². The van der Waals surface area contributed by atoms with Crippen LogP contribution in [0.15, 0.2) is 24.4 Å². The maximum Gasteiger partial charge on any atom is 0.357 e. The molecule has 22 heavy (non-hydrogen) atoms. The van der Waals surface area contributed by atoms with Crippen LogP contribution in [-0.2, 0) is 7.05 Å². The number of aromatic carboxylic acids is 1. The van der Waals surface area contributed by atoms with Crippen molar-refractivity contribution in [3.05, 3.63) is 41.2 Å². The second-order valence-electron chi connectivity index (χ2n) is 4.81. The largest absolute Gasteiger partial charge is 0.476 e. The lowest BCUT2D eigenvalue weighted by Crippen LogP contribution is -2.15. The number of hydrogen-bond donors (Lipinski definition) is 2. The van der Waals surface area contributed by atoms with Crippen LogP contribution in [0.4, 0.5) is 5.13 Å². The highest BCUT2D eigenvalue weighted by Gasteiger charge is 2.21. The lowest BCUT2D eigenvalue weighted by atomic mass is 10.2. The average molecular weight is 316 g/mol. The zero-order valence-corrected chi connectivity index (χ0v) is 12.6. The van der Waals surface area contributed by atoms with Gasteiger partial charge in [0.1, 0.15) is 0 Å². The molecule has 0 atom stereocenters. The lowest BCUT2D eigenvalue weighted by Gasteiger charge is -1.99. The molecule has 0 saturated carbocycles. The van der Waals surface area contributed by atoms with Gasteiger partial charge < -0.3 is 5.11 Å². The van der Waals surface area contributed by atoms with Gasteiger partial charge in [0, 0.05) is 13.2 Å². The third-order valence-corrected chi connectivity index (χ3v) is 3.97. The number of amides is 1. The second-order valence-corrected chi connectivity index (χ2v) is 5.85. The fourth-order valence-corrected chi connectivity index (χ4v) is 3.02. The van der Waals surface area contributed by atoms with Gasteiger partial charge in [-0.1, -0.05) is 17.4 Å². The van der Waals surface area contributed by atoms with Crippen molar-refractivity contribution in [2.45, 2.75) is 6.92 Å². The van der Waals surface area contributed by atoms with Crippen LogP contribution >= 0.6 is 11.3 Å². The van der Waals surface area contributed by atoms with E-state index in [0.717, 1.165) is 15.8 Å². The number of hydrogen-bond acceptors (Lipinski definition) is 5. The molecule has 0 bridgehead atoms. The summed E-state index contributed by atoms with van der Waals surface area (Å²) >= 11 is 1.34. The first kappa shape index (κ1) is 14.2. The number of carboxylic acids is 1. The maximum absolute atomic E-state index is 12.2. The van der Waals surface area contributed by atoms with E-state index in [0.29, 0.717) is 5.13 Å². The first-order valence-corrected chi connectivity index (χ1v) is 7.21. The highest BCUT2D eigenvalue weighted by Crippen LogP contribution is 2.27. The second kappa shape index (κ2) is 5.23. The van der Waals surface area contributed by atoms with E-state index in [1.165, 1.54) is 22.2 Å². The Balaban J connectivity index is 1.91. The highest BCUT2D eigenvalue weighted by molar-refractivity contribution is 7.22. The monoisotopic (exact) mass is 316 g/mol. The van der Waals surface area contributed by atoms with E-state index in [1.807, 2.05) is 25.1 Å². The fraction of sp³-hybridized carbons (Fsp3) is 0.143. The van der Waals surface area contributed by atoms with E-state index >= 15 is 0 Å². The maximum atomic E-state index is 12.2. The predicted octanol–water partition coefficient (Wildman–Crippen LogP) is 2.29. The summed E-state index contributed by atoms with van der Waals surface area (Å²) in [5, 5.41) is 15.9. The molecule has 7 nitrogen and oxygen atoms in total. The number of carbonyl (C=O) groups is 2. The van der Waals surface area contributed by atoms with Crippen LogP contribution in [0.2, 0.25) is 0 Å². The summed E-state index contributed by atoms with van der Waals surface area (Å²) in [6, 6.07) is 5.80. The number of aryl methyl sites for hydroxylation is 2. The molecule has 0 spiro atoms. The predicted molar refractivity (Wildman–Crippen MR) is 82.5 cm³/mol. The van der Waals surface area contributed by atoms with E-state index < -0.39 is 11.9 Å². The summed E-state index contributed by atoms with van der Waals surface area (Å²) in [7, 11) is 1.56. The molecule has 0 aliphatic rings. The molecule has 8 heteroatoms. The quantitative estimate of drug-likeness (QED) is 0.772. The normalized spacial score (nSPS) is 10.8. The van der Waals surface area contributed by atoms with Crippen molar-refractivity contribution in [1.82, 2.24) is 14.8 Å². The molecule has 2 N–H and O–H groups in total. The molecule has 112 valence electrons. The Kier molecular flexibility index (Phi) is 3.38. The van der Waals surface area contributed by atoms with Crippen LogP contribution in [0.3, 0.4) is 0 Å². The molecule has 2 heterocycles. The molecule has 0 radical (unpaired) electrons. The van der Waals surface area contributed by atoms with Crippen LogP contribution in [0, 0.1) is 6.92 Å². The van der Waals surface area contributed by atoms with Crippen LogP contribution in [0.1, 0.15) is 26.4 Å². The summed E-state index contributed by atoms with van der Waals surface area (Å²) in [6.45, 7) is 1.98. The number of carbonyl (C=O) groups excluding carboxylic acids is 1. The van der Waals surface area contributed by atoms with Gasteiger partial charge in [-0.25, -0.2) is 9.78 Å². The molecule has 1 aromatic carbocycles. The van der Waals surface area contributed by atoms with Gasteiger partial charge in [-0.15, -0.1) is 0 Å². The Bertz CT molecular complexity index is 897. The Morgan fingerprint density at radius 3 is 2.86 bits per heavy atom. The summed E-state index contributed by atoms with van der Waals surface area (Å²) in [4.78, 5) is 27.6. The Hall–Kier alpha value is -2.74. The zero-order valence-electron chi connectivity index (χ0n) is 11.8. The third-order valence-electron chi connectivity index (χ3n) is 3.04. The van der Waals surface area contributed by atoms with Crippen molar-refractivity contribution in [2.75, 3.05) is 5.32 Å². The minimum atomic E-state index is -1.24. The van der Waals surface area contributed by atoms with E-state index in [1.54, 1.807) is 7.05 Å². The minimum Gasteiger partial charge on any atom is -0.476 e. The Labute approximate surface area is 129 Å². The van der Waals surface area contributed by atoms with Gasteiger partial charge in [0.05, 0.1) is 15.8 Å². The van der Waals surface area contributed by atoms with E-state index in [9.17, 15) is 9.59 Å². The Morgan fingerprint density at radius 1 is 1.36 bits per heavy atom. The van der Waals surface area contributed by atoms with Crippen LogP contribution < -0.4 is 5.32 Å². The van der Waals surface area contributed by atoms with Crippen LogP contribution in [0.5, 0.6) is 0 Å². The number of carboxylic acid groups (broad SMARTS) is 1. The molecule has 0 aliphatic carbocycles. The van der Waals surface area contributed by atoms with Gasteiger partial charge >= 0.3 is 5.97 Å². The van der Waals surface area contributed by atoms with E-state index in [2.05, 4.69) is 15.4 Å². The molecular formula is C14H12N4O3S. The van der Waals surface area contributed by atoms with Gasteiger partial charge in [-0.2, -0.15) is 5.10 Å². The summed E-state index contributed by atoms with van der Waals surface area (Å²) < 4.78 is 2.25. The van der Waals surface area contributed by atoms with Crippen molar-refractivity contribution < 1.29 is 14.7 Å². The molecular weight excluding hydrogens is 304 g/mol. The number of fused-ring (bicyclic) bond motifs is 1. The molecule has 0 fully saturated rings. The molecule has 0 unspecified atom stereocenters. The van der Waals surface area contributed by atoms with Crippen molar-refractivity contribution in [1.29, 1.82) is 0 Å². The van der Waals surface area contributed by atoms with Crippen LogP contribution in [-0.4, -0.2) is 31.7 Å². The number of rotatable bonds is 3. The first-order chi connectivity index (χ1) is 10.4. The van der Waals surface area contributed by atoms with Crippen molar-refractivity contribution in [3.8, 4) is 0 Å². The SMILES string of the molecule is Cc1ccc2nc(NC(=O)c3cn(C)nc3C(=O)O)sc2c1. The number of nitrogens with zero attached hydrogens (tertiary/aromatic N) is 3. The molecule has 0 saturated heterocycles. The molecule has 0 aliphatic heterocycles. The minimum absolute atomic E-state index is 0.00503. The number of nitrogens with one attached hydrogen (secondary N) is 1. The summed E-state index contributed by atoms with van der Waals surface area (Å²) in [5.74, 6) is -1.79. The average Bonchev–Trinajstić information content (AvgIpc) is 3.01. The van der Waals surface area contributed by atoms with Crippen molar-refractivity contribution >= 4 is 38.6 Å². The summed E-state index contributed by atoms with van der Waals surface area (Å²) in [6.07, 6.45) is 1.37. The molecule has 3 aromatic rings. The van der Waals surface area contributed by atoms with Crippen LogP contribution in [0.25, 0.3) is 10.2 Å². The van der Waals surface area contributed by atoms with Crippen molar-refractivity contribution in [2.24, 2.45) is 7.05 Å². The van der Waals surface area contributed by atoms with Gasteiger partial charge in [-0.3, -0.25) is 14.8 Å². The number of aromatic nitrogens is 3. The zero-order chi connectivity index (χ0) is 15.9. The molecule has 2 aromatic heterocycles. The summed E-state index contributed by atoms with van der Waals surface area (Å²) in [5.41, 5.74) is 1.62. The fourth-order valence-electron chi connectivity index (χ4n) is 2.06. The standard InChI is InChI=1S/C14H12N4O3S/c1-7-3-4-9-10(5-7)22-14(15-9)16-12(19)8-6-18(2)17-11(8)13(20)21/h3-6H,1-2H3,(H,20,21)(H,15,16,19). The van der Waals surface area contributed by atoms with Gasteiger partial charge in [0.25, 0.3) is 5.91 Å². The van der Waals surface area contributed by atoms with E-state index in [4.69, 9.17) is 5.11 Å². The number of benzene rings is 1. The first-order valence-electron chi connectivity index (χ1n) is 6.39. The number of anilines is 1. The van der Waals surface area contributed by atoms with Crippen molar-refractivity contribution in [3.63, 3.8) is 0 Å². The smallest absolute Gasteiger partial charge is 0.357 e. The lowest BCUT2D eigenvalue weighted by molar-refractivity contribution is 0.0685. The highest BCUT2D eigenvalue weighted by atomic mass is 32.1. The molecule has 3 rings (SSSR count). The van der Waals surface area contributed by atoms with Gasteiger partial charge in [-0.05, 0) is 24.6 Å². The third kappa shape index (κ3) is 2.56. The number of thiazole rings is 1. The van der Waals surface area contributed by atoms with Gasteiger partial charge in [0.15, 0.2) is 10.8 Å². The Morgan fingerprint density at radius 2 is 2.14 bits per heavy atom. The van der Waals surface area contributed by atoms with E-state index in [-0.39, 0.29) is 11.3 Å². The van der Waals surface area contributed by atoms with Gasteiger partial charge in [0.2, 0.25) is 0 Å².